The molecule has 2 aromatic rings. The van der Waals surface area contributed by atoms with Crippen LogP contribution in [0.4, 0.5) is 5.69 Å². The first-order valence-corrected chi connectivity index (χ1v) is 7.00. The number of benzene rings is 2. The highest BCUT2D eigenvalue weighted by molar-refractivity contribution is 5.94. The zero-order chi connectivity index (χ0) is 15.8. The molecule has 0 fully saturated rings. The molecule has 0 aliphatic carbocycles. The molecule has 0 aliphatic heterocycles. The summed E-state index contributed by atoms with van der Waals surface area (Å²) in [7, 11) is 0. The predicted molar refractivity (Wildman–Crippen MR) is 84.5 cm³/mol. The first-order chi connectivity index (χ1) is 10.7. The van der Waals surface area contributed by atoms with Gasteiger partial charge in [-0.1, -0.05) is 24.3 Å². The maximum absolute atomic E-state index is 12.0. The molecule has 2 amide bonds. The van der Waals surface area contributed by atoms with Crippen LogP contribution in [0.25, 0.3) is 0 Å². The van der Waals surface area contributed by atoms with Crippen LogP contribution in [0.3, 0.4) is 0 Å². The van der Waals surface area contributed by atoms with Gasteiger partial charge < -0.3 is 15.7 Å². The van der Waals surface area contributed by atoms with E-state index >= 15 is 0 Å². The molecular formula is C17H18N2O3. The third kappa shape index (κ3) is 4.43. The standard InChI is InChI=1S/C17H18N2O3/c20-11-14-3-1-13(2-4-14)9-10-18-17(22)15-5-7-16(8-6-15)19-12-21/h1-8,12,20H,9-11H2,(H,18,22)(H,19,21). The average molecular weight is 298 g/mol. The van der Waals surface area contributed by atoms with Gasteiger partial charge >= 0.3 is 0 Å². The molecule has 2 aromatic carbocycles. The van der Waals surface area contributed by atoms with E-state index in [0.717, 1.165) is 17.5 Å². The van der Waals surface area contributed by atoms with E-state index < -0.39 is 0 Å². The van der Waals surface area contributed by atoms with Gasteiger partial charge in [-0.3, -0.25) is 9.59 Å². The topological polar surface area (TPSA) is 78.4 Å². The van der Waals surface area contributed by atoms with Crippen LogP contribution in [0.5, 0.6) is 0 Å². The Kier molecular flexibility index (Phi) is 5.68. The summed E-state index contributed by atoms with van der Waals surface area (Å²) >= 11 is 0. The zero-order valence-corrected chi connectivity index (χ0v) is 12.1. The lowest BCUT2D eigenvalue weighted by Crippen LogP contribution is -2.25. The molecule has 0 aliphatic rings. The van der Waals surface area contributed by atoms with E-state index in [0.29, 0.717) is 24.2 Å². The molecule has 0 atom stereocenters. The Morgan fingerprint density at radius 2 is 1.64 bits per heavy atom. The molecule has 0 bridgehead atoms. The molecule has 0 saturated carbocycles. The van der Waals surface area contributed by atoms with E-state index in [2.05, 4.69) is 10.6 Å². The SMILES string of the molecule is O=CNc1ccc(C(=O)NCCc2ccc(CO)cc2)cc1. The van der Waals surface area contributed by atoms with Crippen LogP contribution in [-0.4, -0.2) is 24.0 Å². The normalized spacial score (nSPS) is 10.0. The summed E-state index contributed by atoms with van der Waals surface area (Å²) in [4.78, 5) is 22.3. The smallest absolute Gasteiger partial charge is 0.251 e. The minimum absolute atomic E-state index is 0.0337. The van der Waals surface area contributed by atoms with Gasteiger partial charge in [0.25, 0.3) is 5.91 Å². The van der Waals surface area contributed by atoms with Crippen molar-refractivity contribution in [3.8, 4) is 0 Å². The minimum Gasteiger partial charge on any atom is -0.392 e. The van der Waals surface area contributed by atoms with E-state index in [1.165, 1.54) is 0 Å². The van der Waals surface area contributed by atoms with E-state index in [1.807, 2.05) is 24.3 Å². The predicted octanol–water partition coefficient (Wildman–Crippen LogP) is 1.72. The molecule has 22 heavy (non-hydrogen) atoms. The summed E-state index contributed by atoms with van der Waals surface area (Å²) in [5.41, 5.74) is 3.17. The summed E-state index contributed by atoms with van der Waals surface area (Å²) in [5, 5.41) is 14.3. The molecule has 0 aromatic heterocycles. The number of anilines is 1. The van der Waals surface area contributed by atoms with Crippen LogP contribution in [-0.2, 0) is 17.8 Å². The molecule has 0 spiro atoms. The maximum atomic E-state index is 12.0. The van der Waals surface area contributed by atoms with Gasteiger partial charge in [0.15, 0.2) is 0 Å². The van der Waals surface area contributed by atoms with Crippen LogP contribution < -0.4 is 10.6 Å². The average Bonchev–Trinajstić information content (AvgIpc) is 2.56. The summed E-state index contributed by atoms with van der Waals surface area (Å²) < 4.78 is 0. The monoisotopic (exact) mass is 298 g/mol. The first-order valence-electron chi connectivity index (χ1n) is 7.00. The van der Waals surface area contributed by atoms with Gasteiger partial charge in [0, 0.05) is 17.8 Å². The zero-order valence-electron chi connectivity index (χ0n) is 12.1. The lowest BCUT2D eigenvalue weighted by Gasteiger charge is -2.07. The molecule has 3 N–H and O–H groups in total. The van der Waals surface area contributed by atoms with Crippen molar-refractivity contribution in [3.63, 3.8) is 0 Å². The van der Waals surface area contributed by atoms with Gasteiger partial charge in [0.2, 0.25) is 6.41 Å². The summed E-state index contributed by atoms with van der Waals surface area (Å²) in [5.74, 6) is -0.148. The largest absolute Gasteiger partial charge is 0.392 e. The number of carbonyl (C=O) groups excluding carboxylic acids is 2. The molecule has 2 rings (SSSR count). The third-order valence-corrected chi connectivity index (χ3v) is 3.28. The van der Waals surface area contributed by atoms with Crippen molar-refractivity contribution in [1.29, 1.82) is 0 Å². The van der Waals surface area contributed by atoms with E-state index in [9.17, 15) is 9.59 Å². The second kappa shape index (κ2) is 7.95. The second-order valence-corrected chi connectivity index (χ2v) is 4.82. The molecule has 5 heteroatoms. The Bertz CT molecular complexity index is 621. The van der Waals surface area contributed by atoms with E-state index in [-0.39, 0.29) is 12.5 Å². The highest BCUT2D eigenvalue weighted by Crippen LogP contribution is 2.09. The van der Waals surface area contributed by atoms with Crippen molar-refractivity contribution >= 4 is 18.0 Å². The quantitative estimate of drug-likeness (QED) is 0.681. The fourth-order valence-corrected chi connectivity index (χ4v) is 2.02. The van der Waals surface area contributed by atoms with Crippen molar-refractivity contribution in [2.24, 2.45) is 0 Å². The number of hydrogen-bond acceptors (Lipinski definition) is 3. The van der Waals surface area contributed by atoms with Crippen LogP contribution in [0.2, 0.25) is 0 Å². The summed E-state index contributed by atoms with van der Waals surface area (Å²) in [6, 6.07) is 14.3. The summed E-state index contributed by atoms with van der Waals surface area (Å²) in [6.07, 6.45) is 1.32. The molecule has 5 nitrogen and oxygen atoms in total. The number of hydrogen-bond donors (Lipinski definition) is 3. The molecule has 0 saturated heterocycles. The van der Waals surface area contributed by atoms with Gasteiger partial charge in [-0.2, -0.15) is 0 Å². The van der Waals surface area contributed by atoms with Gasteiger partial charge in [0.05, 0.1) is 6.61 Å². The third-order valence-electron chi connectivity index (χ3n) is 3.28. The first kappa shape index (κ1) is 15.7. The second-order valence-electron chi connectivity index (χ2n) is 4.82. The fourth-order valence-electron chi connectivity index (χ4n) is 2.02. The number of carbonyl (C=O) groups is 2. The van der Waals surface area contributed by atoms with Crippen molar-refractivity contribution in [3.05, 3.63) is 65.2 Å². The van der Waals surface area contributed by atoms with Crippen molar-refractivity contribution in [1.82, 2.24) is 5.32 Å². The Labute approximate surface area is 129 Å². The lowest BCUT2D eigenvalue weighted by atomic mass is 10.1. The molecule has 0 heterocycles. The van der Waals surface area contributed by atoms with Gasteiger partial charge in [-0.25, -0.2) is 0 Å². The molecular weight excluding hydrogens is 280 g/mol. The molecule has 0 radical (unpaired) electrons. The number of aliphatic hydroxyl groups excluding tert-OH is 1. The van der Waals surface area contributed by atoms with E-state index in [1.54, 1.807) is 24.3 Å². The number of amides is 2. The van der Waals surface area contributed by atoms with Crippen LogP contribution >= 0.6 is 0 Å². The Morgan fingerprint density at radius 1 is 1.00 bits per heavy atom. The highest BCUT2D eigenvalue weighted by Gasteiger charge is 2.04. The van der Waals surface area contributed by atoms with Gasteiger partial charge in [0.1, 0.15) is 0 Å². The van der Waals surface area contributed by atoms with Crippen molar-refractivity contribution < 1.29 is 14.7 Å². The number of aliphatic hydroxyl groups is 1. The van der Waals surface area contributed by atoms with Crippen LogP contribution in [0.1, 0.15) is 21.5 Å². The van der Waals surface area contributed by atoms with Crippen molar-refractivity contribution in [2.45, 2.75) is 13.0 Å². The van der Waals surface area contributed by atoms with Crippen LogP contribution in [0.15, 0.2) is 48.5 Å². The lowest BCUT2D eigenvalue weighted by molar-refractivity contribution is -0.105. The number of rotatable bonds is 7. The minimum atomic E-state index is -0.148. The van der Waals surface area contributed by atoms with Gasteiger partial charge in [-0.05, 0) is 41.8 Å². The maximum Gasteiger partial charge on any atom is 0.251 e. The summed E-state index contributed by atoms with van der Waals surface area (Å²) in [6.45, 7) is 0.567. The Hall–Kier alpha value is -2.66. The number of nitrogens with one attached hydrogen (secondary N) is 2. The molecule has 114 valence electrons. The Morgan fingerprint density at radius 3 is 2.23 bits per heavy atom. The van der Waals surface area contributed by atoms with Crippen molar-refractivity contribution in [2.75, 3.05) is 11.9 Å². The Balaban J connectivity index is 1.82. The van der Waals surface area contributed by atoms with E-state index in [4.69, 9.17) is 5.11 Å². The van der Waals surface area contributed by atoms with Crippen LogP contribution in [0, 0.1) is 0 Å². The highest BCUT2D eigenvalue weighted by atomic mass is 16.3. The molecule has 0 unspecified atom stereocenters. The van der Waals surface area contributed by atoms with Gasteiger partial charge in [-0.15, -0.1) is 0 Å². The fraction of sp³-hybridized carbons (Fsp3) is 0.176.